The lowest BCUT2D eigenvalue weighted by Crippen LogP contribution is -2.22. The topological polar surface area (TPSA) is 69.0 Å². The van der Waals surface area contributed by atoms with Crippen molar-refractivity contribution in [1.82, 2.24) is 19.9 Å². The first kappa shape index (κ1) is 18.4. The molecule has 0 fully saturated rings. The Morgan fingerprint density at radius 2 is 1.79 bits per heavy atom. The third-order valence-corrected chi connectivity index (χ3v) is 4.36. The van der Waals surface area contributed by atoms with Crippen LogP contribution in [0.1, 0.15) is 21.5 Å². The number of carbonyl (C=O) groups is 1. The van der Waals surface area contributed by atoms with Crippen molar-refractivity contribution in [2.75, 3.05) is 0 Å². The SMILES string of the molecule is O=C(NCc1ccnc(Oc2ccccc2)c1)c1ccc(Cn2ccnc2)cc1. The molecule has 6 nitrogen and oxygen atoms in total. The van der Waals surface area contributed by atoms with E-state index in [9.17, 15) is 4.79 Å². The second-order valence-electron chi connectivity index (χ2n) is 6.53. The molecule has 144 valence electrons. The number of nitrogens with zero attached hydrogens (tertiary/aromatic N) is 3. The Balaban J connectivity index is 1.34. The van der Waals surface area contributed by atoms with E-state index in [4.69, 9.17) is 4.74 Å². The number of nitrogens with one attached hydrogen (secondary N) is 1. The number of aromatic nitrogens is 3. The van der Waals surface area contributed by atoms with Crippen LogP contribution in [0, 0.1) is 0 Å². The molecule has 2 heterocycles. The molecule has 0 aliphatic heterocycles. The molecule has 0 aliphatic carbocycles. The summed E-state index contributed by atoms with van der Waals surface area (Å²) in [5.74, 6) is 1.09. The van der Waals surface area contributed by atoms with Crippen LogP contribution in [-0.2, 0) is 13.1 Å². The first-order chi connectivity index (χ1) is 14.3. The van der Waals surface area contributed by atoms with Crippen LogP contribution >= 0.6 is 0 Å². The molecule has 0 radical (unpaired) electrons. The smallest absolute Gasteiger partial charge is 0.251 e. The number of pyridine rings is 1. The Hall–Kier alpha value is -3.93. The summed E-state index contributed by atoms with van der Waals surface area (Å²) >= 11 is 0. The van der Waals surface area contributed by atoms with Crippen LogP contribution in [0.5, 0.6) is 11.6 Å². The van der Waals surface area contributed by atoms with Gasteiger partial charge in [0.1, 0.15) is 5.75 Å². The van der Waals surface area contributed by atoms with E-state index in [-0.39, 0.29) is 5.91 Å². The molecule has 0 saturated carbocycles. The van der Waals surface area contributed by atoms with Crippen molar-refractivity contribution in [3.8, 4) is 11.6 Å². The van der Waals surface area contributed by atoms with Gasteiger partial charge in [0.15, 0.2) is 0 Å². The zero-order chi connectivity index (χ0) is 19.9. The van der Waals surface area contributed by atoms with E-state index in [0.29, 0.717) is 18.0 Å². The number of carbonyl (C=O) groups excluding carboxylic acids is 1. The minimum Gasteiger partial charge on any atom is -0.439 e. The lowest BCUT2D eigenvalue weighted by molar-refractivity contribution is 0.0951. The van der Waals surface area contributed by atoms with Gasteiger partial charge >= 0.3 is 0 Å². The molecule has 0 atom stereocenters. The van der Waals surface area contributed by atoms with Gasteiger partial charge in [0.05, 0.1) is 6.33 Å². The summed E-state index contributed by atoms with van der Waals surface area (Å²) in [6.07, 6.45) is 7.10. The van der Waals surface area contributed by atoms with E-state index in [1.54, 1.807) is 18.7 Å². The summed E-state index contributed by atoms with van der Waals surface area (Å²) in [5.41, 5.74) is 2.64. The number of imidazole rings is 1. The third kappa shape index (κ3) is 5.07. The average Bonchev–Trinajstić information content (AvgIpc) is 3.27. The Morgan fingerprint density at radius 1 is 0.966 bits per heavy atom. The van der Waals surface area contributed by atoms with Crippen LogP contribution in [0.3, 0.4) is 0 Å². The van der Waals surface area contributed by atoms with Gasteiger partial charge in [-0.3, -0.25) is 4.79 Å². The van der Waals surface area contributed by atoms with Crippen molar-refractivity contribution in [3.63, 3.8) is 0 Å². The molecule has 0 unspecified atom stereocenters. The quantitative estimate of drug-likeness (QED) is 0.522. The van der Waals surface area contributed by atoms with E-state index < -0.39 is 0 Å². The highest BCUT2D eigenvalue weighted by Gasteiger charge is 2.07. The molecule has 1 N–H and O–H groups in total. The van der Waals surface area contributed by atoms with E-state index in [1.165, 1.54) is 0 Å². The summed E-state index contributed by atoms with van der Waals surface area (Å²) in [6, 6.07) is 20.7. The lowest BCUT2D eigenvalue weighted by Gasteiger charge is -2.09. The number of hydrogen-bond acceptors (Lipinski definition) is 4. The molecule has 6 heteroatoms. The Morgan fingerprint density at radius 3 is 2.55 bits per heavy atom. The fourth-order valence-corrected chi connectivity index (χ4v) is 2.86. The first-order valence-electron chi connectivity index (χ1n) is 9.27. The summed E-state index contributed by atoms with van der Waals surface area (Å²) < 4.78 is 7.72. The maximum Gasteiger partial charge on any atom is 0.251 e. The van der Waals surface area contributed by atoms with E-state index in [0.717, 1.165) is 23.4 Å². The third-order valence-electron chi connectivity index (χ3n) is 4.36. The van der Waals surface area contributed by atoms with Gasteiger partial charge in [-0.15, -0.1) is 0 Å². The zero-order valence-corrected chi connectivity index (χ0v) is 15.7. The fraction of sp³-hybridized carbons (Fsp3) is 0.0870. The van der Waals surface area contributed by atoms with Gasteiger partial charge in [0, 0.05) is 43.3 Å². The Kier molecular flexibility index (Phi) is 5.62. The highest BCUT2D eigenvalue weighted by Crippen LogP contribution is 2.19. The predicted octanol–water partition coefficient (Wildman–Crippen LogP) is 4.05. The van der Waals surface area contributed by atoms with Gasteiger partial charge in [-0.2, -0.15) is 0 Å². The highest BCUT2D eigenvalue weighted by molar-refractivity contribution is 5.94. The monoisotopic (exact) mass is 384 g/mol. The van der Waals surface area contributed by atoms with Crippen LogP contribution in [0.25, 0.3) is 0 Å². The molecule has 29 heavy (non-hydrogen) atoms. The minimum atomic E-state index is -0.124. The summed E-state index contributed by atoms with van der Waals surface area (Å²) in [6.45, 7) is 1.12. The van der Waals surface area contributed by atoms with Crippen molar-refractivity contribution in [3.05, 3.63) is 108 Å². The highest BCUT2D eigenvalue weighted by atomic mass is 16.5. The molecular weight excluding hydrogens is 364 g/mol. The van der Waals surface area contributed by atoms with Gasteiger partial charge in [-0.25, -0.2) is 9.97 Å². The number of benzene rings is 2. The van der Waals surface area contributed by atoms with Gasteiger partial charge in [-0.05, 0) is 41.5 Å². The fourth-order valence-electron chi connectivity index (χ4n) is 2.86. The molecule has 4 aromatic rings. The van der Waals surface area contributed by atoms with Crippen molar-refractivity contribution in [2.24, 2.45) is 0 Å². The number of amides is 1. The first-order valence-corrected chi connectivity index (χ1v) is 9.27. The van der Waals surface area contributed by atoms with Gasteiger partial charge < -0.3 is 14.6 Å². The normalized spacial score (nSPS) is 10.5. The van der Waals surface area contributed by atoms with Gasteiger partial charge in [-0.1, -0.05) is 30.3 Å². The second kappa shape index (κ2) is 8.84. The second-order valence-corrected chi connectivity index (χ2v) is 6.53. The van der Waals surface area contributed by atoms with Crippen molar-refractivity contribution < 1.29 is 9.53 Å². The largest absolute Gasteiger partial charge is 0.439 e. The number of hydrogen-bond donors (Lipinski definition) is 1. The molecule has 0 bridgehead atoms. The lowest BCUT2D eigenvalue weighted by atomic mass is 10.1. The molecule has 2 aromatic carbocycles. The van der Waals surface area contributed by atoms with Crippen molar-refractivity contribution in [2.45, 2.75) is 13.1 Å². The van der Waals surface area contributed by atoms with Crippen LogP contribution < -0.4 is 10.1 Å². The summed E-state index contributed by atoms with van der Waals surface area (Å²) in [7, 11) is 0. The number of para-hydroxylation sites is 1. The summed E-state index contributed by atoms with van der Waals surface area (Å²) in [4.78, 5) is 20.7. The molecule has 1 amide bonds. The van der Waals surface area contributed by atoms with E-state index >= 15 is 0 Å². The minimum absolute atomic E-state index is 0.124. The molecule has 4 rings (SSSR count). The number of rotatable bonds is 7. The molecule has 0 saturated heterocycles. The molecule has 0 spiro atoms. The van der Waals surface area contributed by atoms with Gasteiger partial charge in [0.2, 0.25) is 5.88 Å². The zero-order valence-electron chi connectivity index (χ0n) is 15.7. The van der Waals surface area contributed by atoms with Crippen molar-refractivity contribution >= 4 is 5.91 Å². The molecule has 2 aromatic heterocycles. The van der Waals surface area contributed by atoms with Gasteiger partial charge in [0.25, 0.3) is 5.91 Å². The molecular formula is C23H20N4O2. The van der Waals surface area contributed by atoms with E-state index in [1.807, 2.05) is 77.5 Å². The van der Waals surface area contributed by atoms with Crippen LogP contribution in [0.2, 0.25) is 0 Å². The van der Waals surface area contributed by atoms with E-state index in [2.05, 4.69) is 15.3 Å². The summed E-state index contributed by atoms with van der Waals surface area (Å²) in [5, 5.41) is 2.93. The van der Waals surface area contributed by atoms with Crippen LogP contribution in [0.15, 0.2) is 91.6 Å². The predicted molar refractivity (Wildman–Crippen MR) is 110 cm³/mol. The Labute approximate surface area is 168 Å². The van der Waals surface area contributed by atoms with Crippen LogP contribution in [0.4, 0.5) is 0 Å². The Bertz CT molecular complexity index is 1060. The standard InChI is InChI=1S/C23H20N4O2/c28-23(20-8-6-18(7-9-20)16-27-13-12-24-17-27)26-15-19-10-11-25-22(14-19)29-21-4-2-1-3-5-21/h1-14,17H,15-16H2,(H,26,28). The number of ether oxygens (including phenoxy) is 1. The maximum absolute atomic E-state index is 12.4. The maximum atomic E-state index is 12.4. The average molecular weight is 384 g/mol. The molecule has 0 aliphatic rings. The van der Waals surface area contributed by atoms with Crippen LogP contribution in [-0.4, -0.2) is 20.4 Å². The van der Waals surface area contributed by atoms with Crippen molar-refractivity contribution in [1.29, 1.82) is 0 Å².